The maximum Gasteiger partial charge on any atom is 0.257 e. The maximum atomic E-state index is 11.9. The third kappa shape index (κ3) is 2.76. The molecule has 0 aliphatic rings. The lowest BCUT2D eigenvalue weighted by Gasteiger charge is -2.06. The van der Waals surface area contributed by atoms with E-state index in [4.69, 9.17) is 10.5 Å². The first-order chi connectivity index (χ1) is 8.69. The smallest absolute Gasteiger partial charge is 0.257 e. The van der Waals surface area contributed by atoms with Crippen LogP contribution in [0, 0.1) is 0 Å². The topological polar surface area (TPSA) is 77.2 Å². The van der Waals surface area contributed by atoms with Gasteiger partial charge in [0.15, 0.2) is 0 Å². The Hall–Kier alpha value is -2.56. The average Bonchev–Trinajstić information content (AvgIpc) is 2.39. The van der Waals surface area contributed by atoms with Crippen molar-refractivity contribution in [3.8, 4) is 5.75 Å². The Kier molecular flexibility index (Phi) is 3.43. The minimum atomic E-state index is -0.240. The van der Waals surface area contributed by atoms with Gasteiger partial charge in [-0.25, -0.2) is 4.98 Å². The number of nitrogens with zero attached hydrogens (tertiary/aromatic N) is 1. The highest BCUT2D eigenvalue weighted by molar-refractivity contribution is 6.04. The number of carbonyl (C=O) groups is 1. The van der Waals surface area contributed by atoms with E-state index in [-0.39, 0.29) is 5.91 Å². The van der Waals surface area contributed by atoms with Gasteiger partial charge in [0.2, 0.25) is 0 Å². The molecule has 3 N–H and O–H groups in total. The molecule has 2 rings (SSSR count). The van der Waals surface area contributed by atoms with E-state index in [1.165, 1.54) is 6.20 Å². The summed E-state index contributed by atoms with van der Waals surface area (Å²) in [6.07, 6.45) is 1.44. The van der Waals surface area contributed by atoms with Gasteiger partial charge < -0.3 is 15.8 Å². The molecule has 0 saturated heterocycles. The van der Waals surface area contributed by atoms with Crippen LogP contribution in [-0.4, -0.2) is 18.0 Å². The quantitative estimate of drug-likeness (QED) is 0.863. The lowest BCUT2D eigenvalue weighted by Crippen LogP contribution is -2.12. The zero-order chi connectivity index (χ0) is 13.0. The van der Waals surface area contributed by atoms with E-state index in [0.717, 1.165) is 0 Å². The number of rotatable bonds is 3. The van der Waals surface area contributed by atoms with E-state index in [1.54, 1.807) is 43.5 Å². The van der Waals surface area contributed by atoms with Gasteiger partial charge in [-0.1, -0.05) is 6.07 Å². The highest BCUT2D eigenvalue weighted by Gasteiger charge is 2.06. The van der Waals surface area contributed by atoms with Crippen LogP contribution in [0.25, 0.3) is 0 Å². The molecule has 0 unspecified atom stereocenters. The summed E-state index contributed by atoms with van der Waals surface area (Å²) in [5.74, 6) is 0.826. The van der Waals surface area contributed by atoms with E-state index in [2.05, 4.69) is 10.3 Å². The molecule has 0 atom stereocenters. The predicted octanol–water partition coefficient (Wildman–Crippen LogP) is 1.92. The molecule has 1 heterocycles. The number of aromatic nitrogens is 1. The molecule has 5 nitrogen and oxygen atoms in total. The zero-order valence-corrected chi connectivity index (χ0v) is 9.88. The number of carbonyl (C=O) groups excluding carboxylic acids is 1. The molecule has 1 aromatic heterocycles. The van der Waals surface area contributed by atoms with Crippen molar-refractivity contribution in [2.45, 2.75) is 0 Å². The second-order valence-corrected chi connectivity index (χ2v) is 3.66. The van der Waals surface area contributed by atoms with E-state index in [9.17, 15) is 4.79 Å². The van der Waals surface area contributed by atoms with Gasteiger partial charge in [-0.05, 0) is 24.3 Å². The number of ether oxygens (including phenoxy) is 1. The summed E-state index contributed by atoms with van der Waals surface area (Å²) in [4.78, 5) is 15.8. The Bertz CT molecular complexity index is 552. The maximum absolute atomic E-state index is 11.9. The van der Waals surface area contributed by atoms with E-state index < -0.39 is 0 Å². The number of amides is 1. The van der Waals surface area contributed by atoms with Crippen molar-refractivity contribution in [2.75, 3.05) is 18.2 Å². The van der Waals surface area contributed by atoms with Gasteiger partial charge in [-0.3, -0.25) is 4.79 Å². The molecule has 0 aliphatic heterocycles. The monoisotopic (exact) mass is 243 g/mol. The molecule has 1 aromatic carbocycles. The third-order valence-corrected chi connectivity index (χ3v) is 2.38. The fourth-order valence-corrected chi connectivity index (χ4v) is 1.44. The van der Waals surface area contributed by atoms with Crippen LogP contribution in [0.1, 0.15) is 10.4 Å². The number of anilines is 2. The molecule has 0 fully saturated rings. The predicted molar refractivity (Wildman–Crippen MR) is 69.6 cm³/mol. The van der Waals surface area contributed by atoms with Crippen LogP contribution in [0.4, 0.5) is 11.5 Å². The average molecular weight is 243 g/mol. The fraction of sp³-hybridized carbons (Fsp3) is 0.0769. The first kappa shape index (κ1) is 11.9. The van der Waals surface area contributed by atoms with Crippen molar-refractivity contribution in [1.29, 1.82) is 0 Å². The summed E-state index contributed by atoms with van der Waals surface area (Å²) in [5.41, 5.74) is 6.57. The lowest BCUT2D eigenvalue weighted by atomic mass is 10.2. The largest absolute Gasteiger partial charge is 0.497 e. The molecule has 1 amide bonds. The Morgan fingerprint density at radius 1 is 1.33 bits per heavy atom. The van der Waals surface area contributed by atoms with Crippen molar-refractivity contribution in [1.82, 2.24) is 4.98 Å². The standard InChI is InChI=1S/C13H13N3O2/c1-18-11-4-2-3-10(7-11)16-13(17)9-5-6-12(14)15-8-9/h2-8H,1H3,(H2,14,15)(H,16,17). The van der Waals surface area contributed by atoms with Gasteiger partial charge in [0.05, 0.1) is 12.7 Å². The van der Waals surface area contributed by atoms with Gasteiger partial charge in [-0.2, -0.15) is 0 Å². The molecule has 0 bridgehead atoms. The molecule has 0 radical (unpaired) electrons. The van der Waals surface area contributed by atoms with Crippen LogP contribution >= 0.6 is 0 Å². The first-order valence-electron chi connectivity index (χ1n) is 5.36. The van der Waals surface area contributed by atoms with E-state index in [0.29, 0.717) is 22.8 Å². The molecule has 2 aromatic rings. The molecule has 92 valence electrons. The highest BCUT2D eigenvalue weighted by atomic mass is 16.5. The van der Waals surface area contributed by atoms with E-state index >= 15 is 0 Å². The Morgan fingerprint density at radius 3 is 2.83 bits per heavy atom. The van der Waals surface area contributed by atoms with Crippen molar-refractivity contribution in [3.63, 3.8) is 0 Å². The summed E-state index contributed by atoms with van der Waals surface area (Å²) in [5, 5.41) is 2.75. The minimum Gasteiger partial charge on any atom is -0.497 e. The Labute approximate surface area is 105 Å². The molecule has 0 aliphatic carbocycles. The normalized spacial score (nSPS) is 9.83. The minimum absolute atomic E-state index is 0.240. The lowest BCUT2D eigenvalue weighted by molar-refractivity contribution is 0.102. The van der Waals surface area contributed by atoms with Crippen molar-refractivity contribution < 1.29 is 9.53 Å². The Balaban J connectivity index is 2.13. The summed E-state index contributed by atoms with van der Waals surface area (Å²) in [6, 6.07) is 10.3. The Morgan fingerprint density at radius 2 is 2.17 bits per heavy atom. The van der Waals surface area contributed by atoms with Crippen LogP contribution in [0.15, 0.2) is 42.6 Å². The fourth-order valence-electron chi connectivity index (χ4n) is 1.44. The van der Waals surface area contributed by atoms with Gasteiger partial charge in [0.25, 0.3) is 5.91 Å². The number of nitrogens with one attached hydrogen (secondary N) is 1. The van der Waals surface area contributed by atoms with Gasteiger partial charge in [-0.15, -0.1) is 0 Å². The summed E-state index contributed by atoms with van der Waals surface area (Å²) < 4.78 is 5.08. The number of benzene rings is 1. The summed E-state index contributed by atoms with van der Waals surface area (Å²) in [6.45, 7) is 0. The van der Waals surface area contributed by atoms with Gasteiger partial charge in [0.1, 0.15) is 11.6 Å². The van der Waals surface area contributed by atoms with E-state index in [1.807, 2.05) is 0 Å². The molecule has 0 saturated carbocycles. The molecular weight excluding hydrogens is 230 g/mol. The van der Waals surface area contributed by atoms with Crippen LogP contribution in [0.3, 0.4) is 0 Å². The number of nitrogens with two attached hydrogens (primary N) is 1. The number of pyridine rings is 1. The first-order valence-corrected chi connectivity index (χ1v) is 5.36. The van der Waals surface area contributed by atoms with Crippen LogP contribution in [0.2, 0.25) is 0 Å². The molecule has 0 spiro atoms. The highest BCUT2D eigenvalue weighted by Crippen LogP contribution is 2.17. The van der Waals surface area contributed by atoms with Crippen molar-refractivity contribution >= 4 is 17.4 Å². The number of methoxy groups -OCH3 is 1. The number of hydrogen-bond donors (Lipinski definition) is 2. The molecule has 18 heavy (non-hydrogen) atoms. The van der Waals surface area contributed by atoms with Crippen molar-refractivity contribution in [2.24, 2.45) is 0 Å². The van der Waals surface area contributed by atoms with Crippen LogP contribution in [-0.2, 0) is 0 Å². The summed E-state index contributed by atoms with van der Waals surface area (Å²) in [7, 11) is 1.57. The van der Waals surface area contributed by atoms with Crippen LogP contribution in [0.5, 0.6) is 5.75 Å². The second-order valence-electron chi connectivity index (χ2n) is 3.66. The molecular formula is C13H13N3O2. The second kappa shape index (κ2) is 5.18. The third-order valence-electron chi connectivity index (χ3n) is 2.38. The van der Waals surface area contributed by atoms with Crippen LogP contribution < -0.4 is 15.8 Å². The summed E-state index contributed by atoms with van der Waals surface area (Å²) >= 11 is 0. The number of hydrogen-bond acceptors (Lipinski definition) is 4. The van der Waals surface area contributed by atoms with Gasteiger partial charge in [0, 0.05) is 18.0 Å². The molecule has 5 heteroatoms. The SMILES string of the molecule is COc1cccc(NC(=O)c2ccc(N)nc2)c1. The van der Waals surface area contributed by atoms with Crippen molar-refractivity contribution in [3.05, 3.63) is 48.2 Å². The number of nitrogen functional groups attached to an aromatic ring is 1. The van der Waals surface area contributed by atoms with Gasteiger partial charge >= 0.3 is 0 Å². The zero-order valence-electron chi connectivity index (χ0n) is 9.88.